The molecule has 7 heteroatoms. The van der Waals surface area contributed by atoms with E-state index in [0.717, 1.165) is 4.90 Å². The Morgan fingerprint density at radius 1 is 1.15 bits per heavy atom. The van der Waals surface area contributed by atoms with Gasteiger partial charge in [-0.15, -0.1) is 0 Å². The maximum atomic E-state index is 13.4. The van der Waals surface area contributed by atoms with Crippen LogP contribution in [-0.4, -0.2) is 17.6 Å². The van der Waals surface area contributed by atoms with Gasteiger partial charge in [-0.05, 0) is 56.7 Å². The van der Waals surface area contributed by atoms with Gasteiger partial charge in [0, 0.05) is 10.6 Å². The minimum atomic E-state index is -0.795. The zero-order valence-electron chi connectivity index (χ0n) is 14.8. The number of benzene rings is 2. The van der Waals surface area contributed by atoms with E-state index in [0.29, 0.717) is 21.8 Å². The fourth-order valence-corrected chi connectivity index (χ4v) is 3.02. The summed E-state index contributed by atoms with van der Waals surface area (Å²) in [6.45, 7) is 5.13. The number of halogens is 3. The average Bonchev–Trinajstić information content (AvgIpc) is 2.81. The van der Waals surface area contributed by atoms with Crippen molar-refractivity contribution < 1.29 is 18.7 Å². The van der Waals surface area contributed by atoms with Crippen LogP contribution >= 0.6 is 23.2 Å². The fourth-order valence-electron chi connectivity index (χ4n) is 2.66. The predicted octanol–water partition coefficient (Wildman–Crippen LogP) is 5.95. The van der Waals surface area contributed by atoms with E-state index in [4.69, 9.17) is 27.9 Å². The van der Waals surface area contributed by atoms with Gasteiger partial charge in [0.25, 0.3) is 5.91 Å². The van der Waals surface area contributed by atoms with Crippen LogP contribution in [0, 0.1) is 5.82 Å². The summed E-state index contributed by atoms with van der Waals surface area (Å²) in [7, 11) is 0. The number of hydrogen-bond donors (Lipinski definition) is 0. The number of hydrogen-bond acceptors (Lipinski definition) is 3. The van der Waals surface area contributed by atoms with Crippen LogP contribution in [-0.2, 0) is 9.53 Å². The lowest BCUT2D eigenvalue weighted by molar-refractivity contribution is -0.112. The number of rotatable bonds is 1. The molecule has 0 bridgehead atoms. The summed E-state index contributed by atoms with van der Waals surface area (Å²) in [4.78, 5) is 26.5. The first-order valence-corrected chi connectivity index (χ1v) is 8.86. The van der Waals surface area contributed by atoms with Crippen molar-refractivity contribution in [2.24, 2.45) is 0 Å². The van der Waals surface area contributed by atoms with Gasteiger partial charge in [0.15, 0.2) is 0 Å². The molecule has 0 unspecified atom stereocenters. The molecule has 1 heterocycles. The third kappa shape index (κ3) is 3.99. The van der Waals surface area contributed by atoms with Crippen molar-refractivity contribution in [3.63, 3.8) is 0 Å². The van der Waals surface area contributed by atoms with Crippen LogP contribution in [0.1, 0.15) is 31.9 Å². The Bertz CT molecular complexity index is 980. The Kier molecular flexibility index (Phi) is 5.02. The van der Waals surface area contributed by atoms with E-state index < -0.39 is 23.4 Å². The number of anilines is 1. The molecule has 0 aliphatic carbocycles. The van der Waals surface area contributed by atoms with Crippen molar-refractivity contribution in [3.8, 4) is 0 Å². The van der Waals surface area contributed by atoms with E-state index in [1.54, 1.807) is 39.0 Å². The number of carbonyl (C=O) groups is 2. The number of amides is 2. The summed E-state index contributed by atoms with van der Waals surface area (Å²) >= 11 is 11.9. The highest BCUT2D eigenvalue weighted by molar-refractivity contribution is 6.42. The van der Waals surface area contributed by atoms with Gasteiger partial charge >= 0.3 is 6.09 Å². The third-order valence-corrected chi connectivity index (χ3v) is 4.28. The van der Waals surface area contributed by atoms with Crippen LogP contribution < -0.4 is 4.90 Å². The quantitative estimate of drug-likeness (QED) is 0.548. The second kappa shape index (κ2) is 6.98. The van der Waals surface area contributed by atoms with Gasteiger partial charge in [-0.3, -0.25) is 4.79 Å². The monoisotopic (exact) mass is 407 g/mol. The Labute approximate surface area is 166 Å². The molecule has 1 aliphatic rings. The molecular formula is C20H16Cl2FNO3. The maximum Gasteiger partial charge on any atom is 0.422 e. The summed E-state index contributed by atoms with van der Waals surface area (Å²) in [5, 5.41) is 0.316. The van der Waals surface area contributed by atoms with Crippen LogP contribution in [0.3, 0.4) is 0 Å². The smallest absolute Gasteiger partial charge is 0.422 e. The molecule has 2 aromatic rings. The van der Waals surface area contributed by atoms with Gasteiger partial charge < -0.3 is 4.74 Å². The van der Waals surface area contributed by atoms with Gasteiger partial charge in [-0.2, -0.15) is 0 Å². The standard InChI is InChI=1S/C20H16Cl2FNO3/c1-20(2,3)27-19(26)24-17-10-12(21)5-6-13(17)14(18(24)25)8-11-4-7-16(23)15(22)9-11/h4-10H,1-3H3/b14-8+. The molecule has 0 saturated heterocycles. The molecule has 1 aliphatic heterocycles. The molecule has 0 spiro atoms. The lowest BCUT2D eigenvalue weighted by Gasteiger charge is -2.23. The van der Waals surface area contributed by atoms with Crippen molar-refractivity contribution in [1.82, 2.24) is 0 Å². The van der Waals surface area contributed by atoms with Gasteiger partial charge in [-0.25, -0.2) is 14.1 Å². The topological polar surface area (TPSA) is 46.6 Å². The molecule has 0 saturated carbocycles. The van der Waals surface area contributed by atoms with Crippen LogP contribution in [0.15, 0.2) is 36.4 Å². The lowest BCUT2D eigenvalue weighted by atomic mass is 10.0. The van der Waals surface area contributed by atoms with Gasteiger partial charge in [0.2, 0.25) is 0 Å². The molecule has 0 N–H and O–H groups in total. The van der Waals surface area contributed by atoms with Crippen molar-refractivity contribution in [3.05, 3.63) is 63.4 Å². The van der Waals surface area contributed by atoms with E-state index >= 15 is 0 Å². The van der Waals surface area contributed by atoms with Crippen LogP contribution in [0.25, 0.3) is 11.6 Å². The molecule has 0 fully saturated rings. The average molecular weight is 408 g/mol. The minimum Gasteiger partial charge on any atom is -0.443 e. The molecule has 3 rings (SSSR count). The molecule has 4 nitrogen and oxygen atoms in total. The van der Waals surface area contributed by atoms with Crippen LogP contribution in [0.5, 0.6) is 0 Å². The zero-order chi connectivity index (χ0) is 19.9. The molecule has 27 heavy (non-hydrogen) atoms. The van der Waals surface area contributed by atoms with E-state index in [-0.39, 0.29) is 10.6 Å². The van der Waals surface area contributed by atoms with Crippen molar-refractivity contribution in [2.75, 3.05) is 4.90 Å². The highest BCUT2D eigenvalue weighted by atomic mass is 35.5. The second-order valence-corrected chi connectivity index (χ2v) is 7.86. The molecule has 0 aromatic heterocycles. The predicted molar refractivity (Wildman–Crippen MR) is 104 cm³/mol. The molecular weight excluding hydrogens is 392 g/mol. The summed E-state index contributed by atoms with van der Waals surface area (Å²) in [6.07, 6.45) is 0.752. The Hall–Kier alpha value is -2.37. The Balaban J connectivity index is 2.09. The summed E-state index contributed by atoms with van der Waals surface area (Å²) in [5.41, 5.74) is 0.872. The Morgan fingerprint density at radius 2 is 1.85 bits per heavy atom. The van der Waals surface area contributed by atoms with E-state index in [2.05, 4.69) is 0 Å². The van der Waals surface area contributed by atoms with Gasteiger partial charge in [0.1, 0.15) is 11.4 Å². The highest BCUT2D eigenvalue weighted by Crippen LogP contribution is 2.40. The van der Waals surface area contributed by atoms with Gasteiger partial charge in [0.05, 0.1) is 16.3 Å². The fraction of sp³-hybridized carbons (Fsp3) is 0.200. The number of nitrogens with zero attached hydrogens (tertiary/aromatic N) is 1. The lowest BCUT2D eigenvalue weighted by Crippen LogP contribution is -2.38. The van der Waals surface area contributed by atoms with Crippen molar-refractivity contribution in [1.29, 1.82) is 0 Å². The molecule has 2 aromatic carbocycles. The van der Waals surface area contributed by atoms with Crippen LogP contribution in [0.2, 0.25) is 10.0 Å². The van der Waals surface area contributed by atoms with Crippen molar-refractivity contribution >= 4 is 52.5 Å². The first-order valence-electron chi connectivity index (χ1n) is 8.11. The first-order chi connectivity index (χ1) is 12.6. The first kappa shape index (κ1) is 19.4. The number of fused-ring (bicyclic) bond motifs is 1. The third-order valence-electron chi connectivity index (χ3n) is 3.76. The van der Waals surface area contributed by atoms with E-state index in [1.165, 1.54) is 24.3 Å². The molecule has 0 atom stereocenters. The zero-order valence-corrected chi connectivity index (χ0v) is 16.4. The second-order valence-electron chi connectivity index (χ2n) is 7.01. The maximum absolute atomic E-state index is 13.4. The summed E-state index contributed by atoms with van der Waals surface area (Å²) in [6, 6.07) is 8.91. The summed E-state index contributed by atoms with van der Waals surface area (Å²) in [5.74, 6) is -1.11. The minimum absolute atomic E-state index is 0.0601. The Morgan fingerprint density at radius 3 is 2.48 bits per heavy atom. The number of imide groups is 1. The van der Waals surface area contributed by atoms with Crippen molar-refractivity contribution in [2.45, 2.75) is 26.4 Å². The molecule has 0 radical (unpaired) electrons. The van der Waals surface area contributed by atoms with E-state index in [9.17, 15) is 14.0 Å². The van der Waals surface area contributed by atoms with Gasteiger partial charge in [-0.1, -0.05) is 35.3 Å². The highest BCUT2D eigenvalue weighted by Gasteiger charge is 2.39. The normalized spacial score (nSPS) is 15.3. The van der Waals surface area contributed by atoms with Crippen LogP contribution in [0.4, 0.5) is 14.9 Å². The van der Waals surface area contributed by atoms with E-state index in [1.807, 2.05) is 0 Å². The largest absolute Gasteiger partial charge is 0.443 e. The SMILES string of the molecule is CC(C)(C)OC(=O)N1C(=O)/C(=C/c2ccc(F)c(Cl)c2)c2ccc(Cl)cc21. The molecule has 2 amide bonds. The number of ether oxygens (including phenoxy) is 1. The molecule has 140 valence electrons. The number of carbonyl (C=O) groups excluding carboxylic acids is 2. The summed E-state index contributed by atoms with van der Waals surface area (Å²) < 4.78 is 18.7.